The average Bonchev–Trinajstić information content (AvgIpc) is 2.55. The van der Waals surface area contributed by atoms with Crippen LogP contribution in [0.2, 0.25) is 0 Å². The number of aryl methyl sites for hydroxylation is 1. The lowest BCUT2D eigenvalue weighted by molar-refractivity contribution is -0.135. The van der Waals surface area contributed by atoms with E-state index in [9.17, 15) is 4.79 Å². The molecule has 1 saturated heterocycles. The van der Waals surface area contributed by atoms with Gasteiger partial charge in [-0.3, -0.25) is 4.79 Å². The molecule has 0 N–H and O–H groups in total. The van der Waals surface area contributed by atoms with E-state index in [1.807, 2.05) is 12.1 Å². The first kappa shape index (κ1) is 8.72. The first-order valence-electron chi connectivity index (χ1n) is 5.25. The van der Waals surface area contributed by atoms with Gasteiger partial charge in [0.05, 0.1) is 6.42 Å². The van der Waals surface area contributed by atoms with E-state index in [0.717, 1.165) is 12.2 Å². The molecule has 0 spiro atoms. The summed E-state index contributed by atoms with van der Waals surface area (Å²) in [5, 5.41) is 0. The number of carbonyl (C=O) groups excluding carboxylic acids is 1. The molecule has 1 aliphatic carbocycles. The second kappa shape index (κ2) is 2.96. The summed E-state index contributed by atoms with van der Waals surface area (Å²) in [6, 6.07) is 6.25. The van der Waals surface area contributed by atoms with Crippen LogP contribution < -0.4 is 0 Å². The van der Waals surface area contributed by atoms with Crippen LogP contribution in [-0.4, -0.2) is 5.97 Å². The van der Waals surface area contributed by atoms with Crippen molar-refractivity contribution in [3.63, 3.8) is 0 Å². The minimum atomic E-state index is -0.0864. The molecular formula is C13H12O2. The fourth-order valence-corrected chi connectivity index (χ4v) is 2.42. The van der Waals surface area contributed by atoms with Crippen LogP contribution >= 0.6 is 0 Å². The lowest BCUT2D eigenvalue weighted by atomic mass is 9.85. The summed E-state index contributed by atoms with van der Waals surface area (Å²) in [6.07, 6.45) is 3.50. The van der Waals surface area contributed by atoms with Gasteiger partial charge in [0.15, 0.2) is 0 Å². The smallest absolute Gasteiger partial charge is 0.311 e. The van der Waals surface area contributed by atoms with Crippen molar-refractivity contribution in [2.75, 3.05) is 0 Å². The van der Waals surface area contributed by atoms with Gasteiger partial charge >= 0.3 is 5.97 Å². The molecule has 2 aliphatic rings. The minimum absolute atomic E-state index is 0.0864. The Morgan fingerprint density at radius 2 is 2.20 bits per heavy atom. The van der Waals surface area contributed by atoms with Gasteiger partial charge < -0.3 is 4.74 Å². The Labute approximate surface area is 88.6 Å². The number of rotatable bonds is 0. The number of benzene rings is 1. The third-order valence-electron chi connectivity index (χ3n) is 3.24. The zero-order valence-corrected chi connectivity index (χ0v) is 8.62. The molecule has 15 heavy (non-hydrogen) atoms. The number of fused-ring (bicyclic) bond motifs is 2. The van der Waals surface area contributed by atoms with Crippen molar-refractivity contribution in [1.29, 1.82) is 0 Å². The van der Waals surface area contributed by atoms with Crippen molar-refractivity contribution in [2.24, 2.45) is 5.92 Å². The molecule has 1 heterocycles. The van der Waals surface area contributed by atoms with Crippen LogP contribution in [0.4, 0.5) is 0 Å². The Kier molecular flexibility index (Phi) is 1.72. The summed E-state index contributed by atoms with van der Waals surface area (Å²) in [7, 11) is 0. The molecule has 1 aliphatic heterocycles. The number of hydrogen-bond donors (Lipinski definition) is 0. The quantitative estimate of drug-likeness (QED) is 0.601. The van der Waals surface area contributed by atoms with Gasteiger partial charge in [0.1, 0.15) is 5.76 Å². The van der Waals surface area contributed by atoms with Gasteiger partial charge in [-0.1, -0.05) is 18.2 Å². The van der Waals surface area contributed by atoms with Gasteiger partial charge in [0, 0.05) is 5.92 Å². The van der Waals surface area contributed by atoms with E-state index in [0.29, 0.717) is 6.42 Å². The van der Waals surface area contributed by atoms with Crippen molar-refractivity contribution in [1.82, 2.24) is 0 Å². The number of carbonyl (C=O) groups is 1. The predicted octanol–water partition coefficient (Wildman–Crippen LogP) is 2.46. The van der Waals surface area contributed by atoms with Gasteiger partial charge in [-0.05, 0) is 36.1 Å². The summed E-state index contributed by atoms with van der Waals surface area (Å²) in [6.45, 7) is 2.12. The van der Waals surface area contributed by atoms with Crippen LogP contribution in [0.25, 0.3) is 6.08 Å². The Balaban J connectivity index is 2.10. The predicted molar refractivity (Wildman–Crippen MR) is 57.1 cm³/mol. The summed E-state index contributed by atoms with van der Waals surface area (Å²) in [5.41, 5.74) is 3.88. The molecule has 0 saturated carbocycles. The highest BCUT2D eigenvalue weighted by Gasteiger charge is 2.33. The highest BCUT2D eigenvalue weighted by atomic mass is 16.5. The maximum atomic E-state index is 11.2. The van der Waals surface area contributed by atoms with E-state index in [2.05, 4.69) is 19.1 Å². The molecule has 2 heteroatoms. The monoisotopic (exact) mass is 200 g/mol. The van der Waals surface area contributed by atoms with Crippen molar-refractivity contribution < 1.29 is 9.53 Å². The van der Waals surface area contributed by atoms with Gasteiger partial charge in [0.2, 0.25) is 0 Å². The molecule has 0 bridgehead atoms. The number of hydrogen-bond acceptors (Lipinski definition) is 2. The molecule has 0 radical (unpaired) electrons. The second-order valence-electron chi connectivity index (χ2n) is 4.27. The standard InChI is InChI=1S/C13H12O2/c1-8-3-2-4-9-6-12-10(5-11(8)9)7-13(14)15-12/h2-4,6,10H,5,7H2,1H3. The van der Waals surface area contributed by atoms with Crippen LogP contribution in [0.1, 0.15) is 23.1 Å². The van der Waals surface area contributed by atoms with Crippen LogP contribution in [-0.2, 0) is 16.0 Å². The van der Waals surface area contributed by atoms with E-state index in [-0.39, 0.29) is 11.9 Å². The molecule has 0 aromatic heterocycles. The van der Waals surface area contributed by atoms with Crippen molar-refractivity contribution in [3.8, 4) is 0 Å². The fourth-order valence-electron chi connectivity index (χ4n) is 2.42. The second-order valence-corrected chi connectivity index (χ2v) is 4.27. The molecule has 3 rings (SSSR count). The first-order chi connectivity index (χ1) is 7.24. The molecule has 0 amide bonds. The lowest BCUT2D eigenvalue weighted by Gasteiger charge is -2.19. The van der Waals surface area contributed by atoms with E-state index >= 15 is 0 Å². The van der Waals surface area contributed by atoms with Crippen LogP contribution in [0, 0.1) is 12.8 Å². The zero-order valence-electron chi connectivity index (χ0n) is 8.62. The molecule has 1 unspecified atom stereocenters. The normalized spacial score (nSPS) is 22.9. The Hall–Kier alpha value is -1.57. The van der Waals surface area contributed by atoms with Gasteiger partial charge in [0.25, 0.3) is 0 Å². The third kappa shape index (κ3) is 1.29. The summed E-state index contributed by atoms with van der Waals surface area (Å²) >= 11 is 0. The molecule has 1 aromatic carbocycles. The maximum absolute atomic E-state index is 11.2. The first-order valence-corrected chi connectivity index (χ1v) is 5.25. The highest BCUT2D eigenvalue weighted by Crippen LogP contribution is 2.37. The number of allylic oxidation sites excluding steroid dienone is 1. The largest absolute Gasteiger partial charge is 0.431 e. The van der Waals surface area contributed by atoms with Crippen LogP contribution in [0.15, 0.2) is 24.0 Å². The summed E-state index contributed by atoms with van der Waals surface area (Å²) < 4.78 is 5.18. The van der Waals surface area contributed by atoms with Crippen molar-refractivity contribution in [3.05, 3.63) is 40.6 Å². The minimum Gasteiger partial charge on any atom is -0.431 e. The molecule has 1 aromatic rings. The van der Waals surface area contributed by atoms with Crippen LogP contribution in [0.5, 0.6) is 0 Å². The third-order valence-corrected chi connectivity index (χ3v) is 3.24. The van der Waals surface area contributed by atoms with Crippen molar-refractivity contribution >= 4 is 12.0 Å². The van der Waals surface area contributed by atoms with E-state index in [4.69, 9.17) is 4.74 Å². The van der Waals surface area contributed by atoms with Gasteiger partial charge in [-0.15, -0.1) is 0 Å². The Bertz CT molecular complexity index is 471. The van der Waals surface area contributed by atoms with E-state index < -0.39 is 0 Å². The molecular weight excluding hydrogens is 188 g/mol. The summed E-state index contributed by atoms with van der Waals surface area (Å²) in [4.78, 5) is 11.2. The summed E-state index contributed by atoms with van der Waals surface area (Å²) in [5.74, 6) is 1.06. The average molecular weight is 200 g/mol. The van der Waals surface area contributed by atoms with E-state index in [1.54, 1.807) is 0 Å². The Morgan fingerprint density at radius 3 is 3.07 bits per heavy atom. The number of ether oxygens (including phenoxy) is 1. The molecule has 76 valence electrons. The molecule has 1 atom stereocenters. The SMILES string of the molecule is Cc1cccc2c1CC1CC(=O)OC1=C2. The highest BCUT2D eigenvalue weighted by molar-refractivity contribution is 5.78. The number of esters is 1. The topological polar surface area (TPSA) is 26.3 Å². The maximum Gasteiger partial charge on any atom is 0.311 e. The zero-order chi connectivity index (χ0) is 10.4. The molecule has 2 nitrogen and oxygen atoms in total. The lowest BCUT2D eigenvalue weighted by Crippen LogP contribution is -2.10. The van der Waals surface area contributed by atoms with Crippen molar-refractivity contribution in [2.45, 2.75) is 19.8 Å². The van der Waals surface area contributed by atoms with Gasteiger partial charge in [-0.25, -0.2) is 0 Å². The van der Waals surface area contributed by atoms with Crippen LogP contribution in [0.3, 0.4) is 0 Å². The molecule has 1 fully saturated rings. The Morgan fingerprint density at radius 1 is 1.33 bits per heavy atom. The van der Waals surface area contributed by atoms with Gasteiger partial charge in [-0.2, -0.15) is 0 Å². The fraction of sp³-hybridized carbons (Fsp3) is 0.308. The van der Waals surface area contributed by atoms with E-state index in [1.165, 1.54) is 16.7 Å².